The molecule has 0 saturated carbocycles. The molecule has 1 aromatic heterocycles. The average molecular weight is 264 g/mol. The number of imidazole rings is 1. The molecule has 0 radical (unpaired) electrons. The quantitative estimate of drug-likeness (QED) is 0.889. The average Bonchev–Trinajstić information content (AvgIpc) is 2.85. The van der Waals surface area contributed by atoms with Crippen molar-refractivity contribution in [1.29, 1.82) is 0 Å². The van der Waals surface area contributed by atoms with Gasteiger partial charge >= 0.3 is 0 Å². The number of nitrogens with one attached hydrogen (secondary N) is 1. The van der Waals surface area contributed by atoms with E-state index in [0.29, 0.717) is 18.4 Å². The molecule has 5 heteroatoms. The predicted octanol–water partition coefficient (Wildman–Crippen LogP) is 1.22. The Kier molecular flexibility index (Phi) is 4.58. The number of aromatic nitrogens is 2. The maximum atomic E-state index is 12.2. The van der Waals surface area contributed by atoms with E-state index in [-0.39, 0.29) is 5.91 Å². The summed E-state index contributed by atoms with van der Waals surface area (Å²) >= 11 is 0. The Balaban J connectivity index is 1.91. The Morgan fingerprint density at radius 1 is 1.58 bits per heavy atom. The van der Waals surface area contributed by atoms with Crippen LogP contribution in [0.2, 0.25) is 0 Å². The summed E-state index contributed by atoms with van der Waals surface area (Å²) in [7, 11) is 0. The highest BCUT2D eigenvalue weighted by molar-refractivity contribution is 5.76. The number of hydrogen-bond donors (Lipinski definition) is 1. The first-order valence-corrected chi connectivity index (χ1v) is 7.10. The highest BCUT2D eigenvalue weighted by Crippen LogP contribution is 2.13. The lowest BCUT2D eigenvalue weighted by molar-refractivity contribution is -0.134. The number of carbonyl (C=O) groups is 1. The molecule has 0 aliphatic carbocycles. The Bertz CT molecular complexity index is 427. The van der Waals surface area contributed by atoms with Gasteiger partial charge in [-0.15, -0.1) is 0 Å². The minimum absolute atomic E-state index is 0.248. The second kappa shape index (κ2) is 6.19. The molecule has 1 N–H and O–H groups in total. The van der Waals surface area contributed by atoms with E-state index in [1.165, 1.54) is 0 Å². The van der Waals surface area contributed by atoms with Gasteiger partial charge in [-0.3, -0.25) is 4.79 Å². The molecule has 0 unspecified atom stereocenters. The van der Waals surface area contributed by atoms with Crippen molar-refractivity contribution in [2.24, 2.45) is 0 Å². The number of nitrogens with zero attached hydrogens (tertiary/aromatic N) is 3. The van der Waals surface area contributed by atoms with Crippen molar-refractivity contribution in [1.82, 2.24) is 19.8 Å². The molecule has 1 aliphatic heterocycles. The predicted molar refractivity (Wildman–Crippen MR) is 75.0 cm³/mol. The van der Waals surface area contributed by atoms with Gasteiger partial charge in [0.15, 0.2) is 0 Å². The molecule has 1 aromatic rings. The fraction of sp³-hybridized carbons (Fsp3) is 0.714. The van der Waals surface area contributed by atoms with E-state index < -0.39 is 0 Å². The van der Waals surface area contributed by atoms with Crippen LogP contribution in [-0.4, -0.2) is 46.0 Å². The molecule has 5 nitrogen and oxygen atoms in total. The van der Waals surface area contributed by atoms with E-state index in [1.807, 2.05) is 17.3 Å². The third-order valence-electron chi connectivity index (χ3n) is 3.65. The van der Waals surface area contributed by atoms with E-state index >= 15 is 0 Å². The van der Waals surface area contributed by atoms with Crippen molar-refractivity contribution >= 4 is 5.91 Å². The highest BCUT2D eigenvalue weighted by atomic mass is 16.2. The van der Waals surface area contributed by atoms with Crippen molar-refractivity contribution in [2.45, 2.75) is 45.7 Å². The largest absolute Gasteiger partial charge is 0.337 e. The Labute approximate surface area is 115 Å². The number of piperazine rings is 1. The van der Waals surface area contributed by atoms with Gasteiger partial charge in [0.25, 0.3) is 0 Å². The summed E-state index contributed by atoms with van der Waals surface area (Å²) in [5.41, 5.74) is 0. The molecule has 1 atom stereocenters. The number of hydrogen-bond acceptors (Lipinski definition) is 3. The smallest absolute Gasteiger partial charge is 0.224 e. The van der Waals surface area contributed by atoms with Gasteiger partial charge in [-0.05, 0) is 6.92 Å². The van der Waals surface area contributed by atoms with Crippen LogP contribution in [0.25, 0.3) is 0 Å². The Morgan fingerprint density at radius 2 is 2.37 bits per heavy atom. The first-order valence-electron chi connectivity index (χ1n) is 7.10. The SMILES string of the molecule is CC(C)c1nccn1CCC(=O)N1CCNC[C@@H]1C. The minimum Gasteiger partial charge on any atom is -0.337 e. The molecule has 1 aliphatic rings. The molecule has 0 aromatic carbocycles. The third kappa shape index (κ3) is 3.35. The van der Waals surface area contributed by atoms with Crippen LogP contribution in [0.3, 0.4) is 0 Å². The fourth-order valence-electron chi connectivity index (χ4n) is 2.58. The Morgan fingerprint density at radius 3 is 3.05 bits per heavy atom. The lowest BCUT2D eigenvalue weighted by Gasteiger charge is -2.34. The summed E-state index contributed by atoms with van der Waals surface area (Å²) < 4.78 is 2.09. The van der Waals surface area contributed by atoms with Crippen LogP contribution in [0.4, 0.5) is 0 Å². The van der Waals surface area contributed by atoms with Crippen LogP contribution in [0.1, 0.15) is 38.9 Å². The molecule has 1 saturated heterocycles. The van der Waals surface area contributed by atoms with Gasteiger partial charge in [0, 0.05) is 57.0 Å². The van der Waals surface area contributed by atoms with E-state index in [1.54, 1.807) is 0 Å². The molecule has 1 amide bonds. The molecule has 0 spiro atoms. The van der Waals surface area contributed by atoms with E-state index in [0.717, 1.165) is 32.0 Å². The van der Waals surface area contributed by atoms with Crippen LogP contribution in [0.5, 0.6) is 0 Å². The van der Waals surface area contributed by atoms with Crippen LogP contribution in [0.15, 0.2) is 12.4 Å². The lowest BCUT2D eigenvalue weighted by atomic mass is 10.2. The molecule has 2 rings (SSSR count). The zero-order valence-electron chi connectivity index (χ0n) is 12.1. The molecule has 2 heterocycles. The van der Waals surface area contributed by atoms with Gasteiger partial charge < -0.3 is 14.8 Å². The van der Waals surface area contributed by atoms with Gasteiger partial charge in [-0.1, -0.05) is 13.8 Å². The number of aryl methyl sites for hydroxylation is 1. The second-order valence-electron chi connectivity index (χ2n) is 5.52. The molecule has 106 valence electrons. The highest BCUT2D eigenvalue weighted by Gasteiger charge is 2.22. The zero-order chi connectivity index (χ0) is 13.8. The van der Waals surface area contributed by atoms with E-state index in [9.17, 15) is 4.79 Å². The third-order valence-corrected chi connectivity index (χ3v) is 3.65. The van der Waals surface area contributed by atoms with Gasteiger partial charge in [-0.25, -0.2) is 4.98 Å². The fourth-order valence-corrected chi connectivity index (χ4v) is 2.58. The number of rotatable bonds is 4. The van der Waals surface area contributed by atoms with E-state index in [4.69, 9.17) is 0 Å². The normalized spacial score (nSPS) is 20.0. The van der Waals surface area contributed by atoms with E-state index in [2.05, 4.69) is 35.6 Å². The van der Waals surface area contributed by atoms with Gasteiger partial charge in [0.1, 0.15) is 5.82 Å². The molecule has 0 bridgehead atoms. The monoisotopic (exact) mass is 264 g/mol. The maximum absolute atomic E-state index is 12.2. The van der Waals surface area contributed by atoms with Gasteiger partial charge in [0.05, 0.1) is 0 Å². The molecule has 19 heavy (non-hydrogen) atoms. The first kappa shape index (κ1) is 14.1. The van der Waals surface area contributed by atoms with Crippen molar-refractivity contribution < 1.29 is 4.79 Å². The summed E-state index contributed by atoms with van der Waals surface area (Å²) in [5.74, 6) is 1.70. The lowest BCUT2D eigenvalue weighted by Crippen LogP contribution is -2.52. The number of carbonyl (C=O) groups excluding carboxylic acids is 1. The topological polar surface area (TPSA) is 50.2 Å². The van der Waals surface area contributed by atoms with Gasteiger partial charge in [0.2, 0.25) is 5.91 Å². The standard InChI is InChI=1S/C14H24N4O/c1-11(2)14-16-6-8-17(14)7-4-13(19)18-9-5-15-10-12(18)3/h6,8,11-12,15H,4-5,7,9-10H2,1-3H3/t12-/m0/s1. The van der Waals surface area contributed by atoms with Crippen LogP contribution < -0.4 is 5.32 Å². The molecular formula is C14H24N4O. The van der Waals surface area contributed by atoms with Crippen molar-refractivity contribution in [3.05, 3.63) is 18.2 Å². The van der Waals surface area contributed by atoms with Crippen LogP contribution in [0, 0.1) is 0 Å². The van der Waals surface area contributed by atoms with Crippen molar-refractivity contribution in [3.8, 4) is 0 Å². The number of amides is 1. The molecular weight excluding hydrogens is 240 g/mol. The zero-order valence-corrected chi connectivity index (χ0v) is 12.1. The summed E-state index contributed by atoms with van der Waals surface area (Å²) in [5, 5.41) is 3.30. The maximum Gasteiger partial charge on any atom is 0.224 e. The minimum atomic E-state index is 0.248. The van der Waals surface area contributed by atoms with Crippen molar-refractivity contribution in [3.63, 3.8) is 0 Å². The van der Waals surface area contributed by atoms with Gasteiger partial charge in [-0.2, -0.15) is 0 Å². The summed E-state index contributed by atoms with van der Waals surface area (Å²) in [4.78, 5) is 18.6. The Hall–Kier alpha value is -1.36. The van der Waals surface area contributed by atoms with Crippen molar-refractivity contribution in [2.75, 3.05) is 19.6 Å². The summed E-state index contributed by atoms with van der Waals surface area (Å²) in [6.07, 6.45) is 4.33. The first-order chi connectivity index (χ1) is 9.09. The summed E-state index contributed by atoms with van der Waals surface area (Å²) in [6.45, 7) is 9.69. The van der Waals surface area contributed by atoms with Crippen LogP contribution in [-0.2, 0) is 11.3 Å². The summed E-state index contributed by atoms with van der Waals surface area (Å²) in [6, 6.07) is 0.300. The van der Waals surface area contributed by atoms with Crippen LogP contribution >= 0.6 is 0 Å². The molecule has 1 fully saturated rings. The second-order valence-corrected chi connectivity index (χ2v) is 5.52.